The quantitative estimate of drug-likeness (QED) is 0.179. The summed E-state index contributed by atoms with van der Waals surface area (Å²) in [4.78, 5) is 19.2. The van der Waals surface area contributed by atoms with Crippen LogP contribution in [0.5, 0.6) is 0 Å². The predicted molar refractivity (Wildman–Crippen MR) is 183 cm³/mol. The minimum atomic E-state index is -0.903. The molecule has 8 nitrogen and oxygen atoms in total. The van der Waals surface area contributed by atoms with Crippen LogP contribution in [0, 0.1) is 0 Å². The van der Waals surface area contributed by atoms with Gasteiger partial charge < -0.3 is 19.0 Å². The van der Waals surface area contributed by atoms with Crippen molar-refractivity contribution in [3.05, 3.63) is 144 Å². The SMILES string of the molecule is CC(C)(C)N(C(=O)O)[C@H]1CCC=C(c2ccnc3c2c(-c2nnco2)cn3C(c2ccccc2)(c2ccccc2)c2ccccc2)C1. The third-order valence-corrected chi connectivity index (χ3v) is 9.20. The standard InChI is InChI=1S/C39H37N5O3/c1-38(2,3)44(37(45)46)31-21-13-14-27(24-31)32-22-23-40-35-34(32)33(36-42-41-26-47-36)25-43(35)39(28-15-7-4-8-16-28,29-17-9-5-10-18-29)30-19-11-6-12-20-30/h4-12,14-20,22-23,25-26,31H,13,21,24H2,1-3H3,(H,45,46)/t31-/m0/s1. The largest absolute Gasteiger partial charge is 0.465 e. The van der Waals surface area contributed by atoms with Gasteiger partial charge in [0, 0.05) is 29.4 Å². The van der Waals surface area contributed by atoms with Gasteiger partial charge in [-0.3, -0.25) is 0 Å². The third-order valence-electron chi connectivity index (χ3n) is 9.20. The maximum Gasteiger partial charge on any atom is 0.407 e. The average molecular weight is 624 g/mol. The zero-order valence-electron chi connectivity index (χ0n) is 26.7. The Bertz CT molecular complexity index is 1930. The highest BCUT2D eigenvalue weighted by Crippen LogP contribution is 2.46. The lowest BCUT2D eigenvalue weighted by Gasteiger charge is -2.41. The molecule has 7 rings (SSSR count). The molecule has 3 heterocycles. The van der Waals surface area contributed by atoms with Crippen LogP contribution < -0.4 is 0 Å². The van der Waals surface area contributed by atoms with Gasteiger partial charge in [0.2, 0.25) is 12.3 Å². The van der Waals surface area contributed by atoms with Crippen molar-refractivity contribution in [2.24, 2.45) is 0 Å². The second-order valence-corrected chi connectivity index (χ2v) is 13.0. The number of hydrogen-bond acceptors (Lipinski definition) is 5. The van der Waals surface area contributed by atoms with Crippen molar-refractivity contribution < 1.29 is 14.3 Å². The van der Waals surface area contributed by atoms with Crippen LogP contribution in [0.2, 0.25) is 0 Å². The van der Waals surface area contributed by atoms with E-state index in [9.17, 15) is 9.90 Å². The van der Waals surface area contributed by atoms with Crippen molar-refractivity contribution >= 4 is 22.7 Å². The molecule has 0 radical (unpaired) electrons. The second kappa shape index (κ2) is 12.0. The van der Waals surface area contributed by atoms with E-state index in [1.54, 1.807) is 4.90 Å². The van der Waals surface area contributed by atoms with Crippen LogP contribution in [0.25, 0.3) is 28.1 Å². The van der Waals surface area contributed by atoms with Crippen LogP contribution in [-0.4, -0.2) is 47.4 Å². The maximum absolute atomic E-state index is 12.5. The van der Waals surface area contributed by atoms with Gasteiger partial charge in [-0.2, -0.15) is 0 Å². The molecule has 1 aliphatic carbocycles. The molecule has 0 saturated heterocycles. The van der Waals surface area contributed by atoms with Gasteiger partial charge in [-0.25, -0.2) is 9.78 Å². The van der Waals surface area contributed by atoms with E-state index >= 15 is 0 Å². The molecule has 1 N–H and O–H groups in total. The average Bonchev–Trinajstić information content (AvgIpc) is 3.75. The van der Waals surface area contributed by atoms with E-state index in [1.807, 2.05) is 51.2 Å². The summed E-state index contributed by atoms with van der Waals surface area (Å²) in [6, 6.07) is 33.3. The van der Waals surface area contributed by atoms with Crippen LogP contribution in [0.3, 0.4) is 0 Å². The van der Waals surface area contributed by atoms with Crippen molar-refractivity contribution in [1.82, 2.24) is 24.6 Å². The molecule has 8 heteroatoms. The van der Waals surface area contributed by atoms with Gasteiger partial charge >= 0.3 is 6.09 Å². The maximum atomic E-state index is 12.5. The zero-order valence-corrected chi connectivity index (χ0v) is 26.7. The fraction of sp³-hybridized carbons (Fsp3) is 0.231. The third kappa shape index (κ3) is 5.19. The zero-order chi connectivity index (χ0) is 32.6. The number of hydrogen-bond donors (Lipinski definition) is 1. The lowest BCUT2D eigenvalue weighted by atomic mass is 9.76. The van der Waals surface area contributed by atoms with Crippen molar-refractivity contribution in [3.8, 4) is 11.5 Å². The molecule has 0 bridgehead atoms. The molecular weight excluding hydrogens is 586 g/mol. The molecule has 6 aromatic rings. The van der Waals surface area contributed by atoms with E-state index in [4.69, 9.17) is 9.40 Å². The van der Waals surface area contributed by atoms with E-state index in [1.165, 1.54) is 6.39 Å². The second-order valence-electron chi connectivity index (χ2n) is 13.0. The summed E-state index contributed by atoms with van der Waals surface area (Å²) in [5.41, 5.74) is 5.42. The molecule has 0 aliphatic heterocycles. The van der Waals surface area contributed by atoms with Crippen molar-refractivity contribution in [2.75, 3.05) is 0 Å². The molecule has 1 atom stereocenters. The molecule has 0 saturated carbocycles. The van der Waals surface area contributed by atoms with Gasteiger partial charge in [0.1, 0.15) is 11.2 Å². The first-order chi connectivity index (χ1) is 22.8. The Morgan fingerprint density at radius 3 is 1.98 bits per heavy atom. The Morgan fingerprint density at radius 2 is 1.47 bits per heavy atom. The van der Waals surface area contributed by atoms with Gasteiger partial charge in [0.15, 0.2) is 0 Å². The first-order valence-electron chi connectivity index (χ1n) is 16.0. The molecule has 0 fully saturated rings. The number of nitrogens with zero attached hydrogens (tertiary/aromatic N) is 5. The molecule has 1 aliphatic rings. The first kappa shape index (κ1) is 30.2. The Balaban J connectivity index is 1.53. The smallest absolute Gasteiger partial charge is 0.407 e. The fourth-order valence-corrected chi connectivity index (χ4v) is 7.41. The van der Waals surface area contributed by atoms with Crippen LogP contribution >= 0.6 is 0 Å². The highest BCUT2D eigenvalue weighted by molar-refractivity contribution is 6.01. The topological polar surface area (TPSA) is 97.3 Å². The van der Waals surface area contributed by atoms with Crippen molar-refractivity contribution in [2.45, 2.75) is 57.2 Å². The minimum Gasteiger partial charge on any atom is -0.465 e. The van der Waals surface area contributed by atoms with Crippen LogP contribution in [0.15, 0.2) is 126 Å². The summed E-state index contributed by atoms with van der Waals surface area (Å²) in [6.45, 7) is 5.86. The number of allylic oxidation sites excluding steroid dienone is 1. The number of carboxylic acid groups (broad SMARTS) is 1. The fourth-order valence-electron chi connectivity index (χ4n) is 7.41. The van der Waals surface area contributed by atoms with Crippen molar-refractivity contribution in [1.29, 1.82) is 0 Å². The van der Waals surface area contributed by atoms with Crippen LogP contribution in [0.1, 0.15) is 62.3 Å². The molecule has 0 unspecified atom stereocenters. The molecule has 236 valence electrons. The van der Waals surface area contributed by atoms with Gasteiger partial charge in [0.05, 0.1) is 5.56 Å². The van der Waals surface area contributed by atoms with E-state index in [2.05, 4.69) is 99.8 Å². The first-order valence-corrected chi connectivity index (χ1v) is 16.0. The van der Waals surface area contributed by atoms with E-state index < -0.39 is 17.2 Å². The number of aromatic nitrogens is 4. The number of benzene rings is 3. The summed E-state index contributed by atoms with van der Waals surface area (Å²) in [5, 5.41) is 19.5. The Labute approximate surface area is 274 Å². The predicted octanol–water partition coefficient (Wildman–Crippen LogP) is 8.64. The molecule has 1 amide bonds. The number of rotatable bonds is 7. The highest BCUT2D eigenvalue weighted by atomic mass is 16.4. The van der Waals surface area contributed by atoms with Crippen molar-refractivity contribution in [3.63, 3.8) is 0 Å². The summed E-state index contributed by atoms with van der Waals surface area (Å²) in [7, 11) is 0. The van der Waals surface area contributed by atoms with Gasteiger partial charge in [0.25, 0.3) is 0 Å². The van der Waals surface area contributed by atoms with Gasteiger partial charge in [-0.15, -0.1) is 10.2 Å². The number of amides is 1. The summed E-state index contributed by atoms with van der Waals surface area (Å²) in [5.74, 6) is 0.390. The normalized spacial score (nSPS) is 15.4. The van der Waals surface area contributed by atoms with Gasteiger partial charge in [-0.05, 0) is 73.9 Å². The minimum absolute atomic E-state index is 0.165. The van der Waals surface area contributed by atoms with Crippen LogP contribution in [0.4, 0.5) is 4.79 Å². The number of pyridine rings is 1. The number of carbonyl (C=O) groups is 1. The summed E-state index contributed by atoms with van der Waals surface area (Å²) in [6.07, 6.45) is 8.72. The van der Waals surface area contributed by atoms with E-state index in [0.29, 0.717) is 12.3 Å². The van der Waals surface area contributed by atoms with Crippen LogP contribution in [-0.2, 0) is 5.54 Å². The highest BCUT2D eigenvalue weighted by Gasteiger charge is 2.41. The molecule has 3 aromatic heterocycles. The number of fused-ring (bicyclic) bond motifs is 1. The molecular formula is C39H37N5O3. The van der Waals surface area contributed by atoms with E-state index in [-0.39, 0.29) is 6.04 Å². The summed E-state index contributed by atoms with van der Waals surface area (Å²) >= 11 is 0. The molecule has 47 heavy (non-hydrogen) atoms. The molecule has 3 aromatic carbocycles. The Hall–Kier alpha value is -5.50. The summed E-state index contributed by atoms with van der Waals surface area (Å²) < 4.78 is 8.12. The molecule has 0 spiro atoms. The monoisotopic (exact) mass is 623 g/mol. The van der Waals surface area contributed by atoms with E-state index in [0.717, 1.165) is 57.3 Å². The Morgan fingerprint density at radius 1 is 0.872 bits per heavy atom. The lowest BCUT2D eigenvalue weighted by Crippen LogP contribution is -2.51. The lowest BCUT2D eigenvalue weighted by molar-refractivity contribution is 0.0679. The van der Waals surface area contributed by atoms with Gasteiger partial charge in [-0.1, -0.05) is 97.1 Å². The Kier molecular flexibility index (Phi) is 7.72.